The van der Waals surface area contributed by atoms with Gasteiger partial charge in [0.2, 0.25) is 0 Å². The van der Waals surface area contributed by atoms with Crippen molar-refractivity contribution in [3.63, 3.8) is 0 Å². The Morgan fingerprint density at radius 2 is 1.66 bits per heavy atom. The lowest BCUT2D eigenvalue weighted by atomic mass is 9.96. The van der Waals surface area contributed by atoms with Crippen LogP contribution in [0.2, 0.25) is 0 Å². The first-order valence-electron chi connectivity index (χ1n) is 13.4. The minimum Gasteiger partial charge on any atom is -0.463 e. The SMILES string of the molecule is CCOC(=O)C1=C(C)N=c2s/c(=C\c3cn(-c4ccccc4)nc3-c3ccc(C)cc3)c(=O)n2C1c1ccccc1. The maximum Gasteiger partial charge on any atom is 0.338 e. The number of benzene rings is 3. The van der Waals surface area contributed by atoms with Crippen molar-refractivity contribution in [2.45, 2.75) is 26.8 Å². The van der Waals surface area contributed by atoms with E-state index in [9.17, 15) is 9.59 Å². The summed E-state index contributed by atoms with van der Waals surface area (Å²) >= 11 is 1.30. The summed E-state index contributed by atoms with van der Waals surface area (Å²) in [5.41, 5.74) is 6.10. The van der Waals surface area contributed by atoms with Gasteiger partial charge in [-0.05, 0) is 44.5 Å². The number of rotatable bonds is 6. The second-order valence-electron chi connectivity index (χ2n) is 9.79. The molecule has 6 rings (SSSR count). The van der Waals surface area contributed by atoms with Crippen LogP contribution in [0.25, 0.3) is 23.0 Å². The van der Waals surface area contributed by atoms with Crippen LogP contribution in [0, 0.1) is 6.92 Å². The van der Waals surface area contributed by atoms with Crippen molar-refractivity contribution in [1.82, 2.24) is 14.3 Å². The number of carbonyl (C=O) groups excluding carboxylic acids is 1. The molecule has 1 atom stereocenters. The highest BCUT2D eigenvalue weighted by molar-refractivity contribution is 7.07. The molecule has 0 spiro atoms. The van der Waals surface area contributed by atoms with E-state index in [2.05, 4.69) is 0 Å². The summed E-state index contributed by atoms with van der Waals surface area (Å²) in [7, 11) is 0. The molecule has 0 fully saturated rings. The Kier molecular flexibility index (Phi) is 7.07. The van der Waals surface area contributed by atoms with Gasteiger partial charge in [-0.15, -0.1) is 0 Å². The molecule has 0 saturated carbocycles. The van der Waals surface area contributed by atoms with E-state index in [4.69, 9.17) is 14.8 Å². The molecule has 3 heterocycles. The van der Waals surface area contributed by atoms with Crippen LogP contribution < -0.4 is 14.9 Å². The smallest absolute Gasteiger partial charge is 0.338 e. The van der Waals surface area contributed by atoms with E-state index in [-0.39, 0.29) is 12.2 Å². The van der Waals surface area contributed by atoms with Crippen LogP contribution in [0.15, 0.2) is 112 Å². The monoisotopic (exact) mass is 560 g/mol. The lowest BCUT2D eigenvalue weighted by Crippen LogP contribution is -2.39. The highest BCUT2D eigenvalue weighted by Crippen LogP contribution is 2.31. The first kappa shape index (κ1) is 26.4. The molecule has 1 unspecified atom stereocenters. The fraction of sp³-hybridized carbons (Fsp3) is 0.152. The minimum atomic E-state index is -0.641. The van der Waals surface area contributed by atoms with Crippen LogP contribution in [0.5, 0.6) is 0 Å². The van der Waals surface area contributed by atoms with Gasteiger partial charge in [-0.1, -0.05) is 89.7 Å². The molecular weight excluding hydrogens is 532 g/mol. The van der Waals surface area contributed by atoms with Crippen molar-refractivity contribution < 1.29 is 9.53 Å². The third kappa shape index (κ3) is 4.98. The minimum absolute atomic E-state index is 0.223. The fourth-order valence-electron chi connectivity index (χ4n) is 5.03. The standard InChI is InChI=1S/C33H28N4O3S/c1-4-40-32(39)28-22(3)34-33-37(30(28)24-11-7-5-8-12-24)31(38)27(41-33)19-25-20-36(26-13-9-6-10-14-26)35-29(25)23-17-15-21(2)16-18-23/h5-20,30H,4H2,1-3H3/b27-19-. The summed E-state index contributed by atoms with van der Waals surface area (Å²) in [6.45, 7) is 5.83. The maximum atomic E-state index is 14.1. The van der Waals surface area contributed by atoms with Crippen molar-refractivity contribution in [2.24, 2.45) is 4.99 Å². The van der Waals surface area contributed by atoms with Crippen molar-refractivity contribution >= 4 is 23.4 Å². The van der Waals surface area contributed by atoms with Crippen molar-refractivity contribution in [2.75, 3.05) is 6.61 Å². The summed E-state index contributed by atoms with van der Waals surface area (Å²) in [4.78, 5) is 32.4. The molecule has 8 heteroatoms. The van der Waals surface area contributed by atoms with E-state index in [0.29, 0.717) is 20.6 Å². The van der Waals surface area contributed by atoms with E-state index in [0.717, 1.165) is 33.6 Å². The van der Waals surface area contributed by atoms with E-state index in [1.807, 2.05) is 109 Å². The number of carbonyl (C=O) groups is 1. The Balaban J connectivity index is 1.56. The number of esters is 1. The zero-order valence-electron chi connectivity index (χ0n) is 22.9. The zero-order valence-corrected chi connectivity index (χ0v) is 23.8. The molecule has 0 saturated heterocycles. The Morgan fingerprint density at radius 3 is 2.34 bits per heavy atom. The average molecular weight is 561 g/mol. The molecule has 5 aromatic rings. The van der Waals surface area contributed by atoms with E-state index >= 15 is 0 Å². The number of para-hydroxylation sites is 1. The van der Waals surface area contributed by atoms with Gasteiger partial charge in [-0.2, -0.15) is 5.10 Å². The third-order valence-electron chi connectivity index (χ3n) is 7.01. The number of aryl methyl sites for hydroxylation is 1. The summed E-state index contributed by atoms with van der Waals surface area (Å²) in [5.74, 6) is -0.470. The van der Waals surface area contributed by atoms with Crippen LogP contribution in [-0.2, 0) is 9.53 Å². The number of nitrogens with zero attached hydrogens (tertiary/aromatic N) is 4. The molecule has 0 bridgehead atoms. The fourth-order valence-corrected chi connectivity index (χ4v) is 6.06. The van der Waals surface area contributed by atoms with Gasteiger partial charge in [0.05, 0.1) is 39.8 Å². The quantitative estimate of drug-likeness (QED) is 0.275. The predicted octanol–water partition coefficient (Wildman–Crippen LogP) is 4.96. The van der Waals surface area contributed by atoms with Crippen molar-refractivity contribution in [1.29, 1.82) is 0 Å². The first-order chi connectivity index (χ1) is 19.9. The second kappa shape index (κ2) is 11.0. The first-order valence-corrected chi connectivity index (χ1v) is 14.2. The largest absolute Gasteiger partial charge is 0.463 e. The van der Waals surface area contributed by atoms with Gasteiger partial charge in [-0.25, -0.2) is 14.5 Å². The number of thiazole rings is 1. The molecule has 3 aromatic carbocycles. The Morgan fingerprint density at radius 1 is 0.976 bits per heavy atom. The van der Waals surface area contributed by atoms with Gasteiger partial charge >= 0.3 is 5.97 Å². The molecule has 0 N–H and O–H groups in total. The summed E-state index contributed by atoms with van der Waals surface area (Å²) in [6, 6.07) is 26.9. The van der Waals surface area contributed by atoms with Crippen LogP contribution >= 0.6 is 11.3 Å². The van der Waals surface area contributed by atoms with Crippen molar-refractivity contribution in [3.05, 3.63) is 139 Å². The third-order valence-corrected chi connectivity index (χ3v) is 7.99. The summed E-state index contributed by atoms with van der Waals surface area (Å²) < 4.78 is 9.33. The van der Waals surface area contributed by atoms with Crippen LogP contribution in [0.3, 0.4) is 0 Å². The number of ether oxygens (including phenoxy) is 1. The van der Waals surface area contributed by atoms with Crippen LogP contribution in [0.1, 0.15) is 36.6 Å². The molecule has 0 radical (unpaired) electrons. The second-order valence-corrected chi connectivity index (χ2v) is 10.8. The number of aromatic nitrogens is 3. The molecular formula is C33H28N4O3S. The van der Waals surface area contributed by atoms with Crippen LogP contribution in [-0.4, -0.2) is 26.9 Å². The molecule has 204 valence electrons. The maximum absolute atomic E-state index is 14.1. The molecule has 0 aliphatic carbocycles. The molecule has 1 aliphatic rings. The van der Waals surface area contributed by atoms with Crippen molar-refractivity contribution in [3.8, 4) is 16.9 Å². The molecule has 1 aliphatic heterocycles. The Hall–Kier alpha value is -4.82. The van der Waals surface area contributed by atoms with Gasteiger partial charge in [0, 0.05) is 17.3 Å². The lowest BCUT2D eigenvalue weighted by molar-refractivity contribution is -0.139. The van der Waals surface area contributed by atoms with Gasteiger partial charge in [0.25, 0.3) is 5.56 Å². The van der Waals surface area contributed by atoms with E-state index in [1.54, 1.807) is 18.4 Å². The topological polar surface area (TPSA) is 78.5 Å². The van der Waals surface area contributed by atoms with Crippen LogP contribution in [0.4, 0.5) is 0 Å². The molecule has 0 amide bonds. The molecule has 41 heavy (non-hydrogen) atoms. The summed E-state index contributed by atoms with van der Waals surface area (Å²) in [6.07, 6.45) is 3.81. The molecule has 7 nitrogen and oxygen atoms in total. The van der Waals surface area contributed by atoms with Gasteiger partial charge in [-0.3, -0.25) is 9.36 Å². The summed E-state index contributed by atoms with van der Waals surface area (Å²) in [5, 5.41) is 4.91. The highest BCUT2D eigenvalue weighted by Gasteiger charge is 2.33. The average Bonchev–Trinajstić information content (AvgIpc) is 3.54. The highest BCUT2D eigenvalue weighted by atomic mass is 32.1. The normalized spacial score (nSPS) is 15.0. The Labute approximate surface area is 241 Å². The van der Waals surface area contributed by atoms with Gasteiger partial charge in [0.1, 0.15) is 0 Å². The van der Waals surface area contributed by atoms with Gasteiger partial charge < -0.3 is 4.74 Å². The van der Waals surface area contributed by atoms with E-state index < -0.39 is 12.0 Å². The van der Waals surface area contributed by atoms with Gasteiger partial charge in [0.15, 0.2) is 4.80 Å². The number of hydrogen-bond acceptors (Lipinski definition) is 6. The number of allylic oxidation sites excluding steroid dienone is 1. The Bertz CT molecular complexity index is 1950. The molecule has 2 aromatic heterocycles. The number of fused-ring (bicyclic) bond motifs is 1. The van der Waals surface area contributed by atoms with E-state index in [1.165, 1.54) is 11.3 Å². The zero-order chi connectivity index (χ0) is 28.5. The lowest BCUT2D eigenvalue weighted by Gasteiger charge is -2.24. The number of hydrogen-bond donors (Lipinski definition) is 0. The predicted molar refractivity (Wildman–Crippen MR) is 161 cm³/mol.